The van der Waals surface area contributed by atoms with Crippen molar-refractivity contribution < 1.29 is 9.72 Å². The molecule has 142 valence electrons. The van der Waals surface area contributed by atoms with Crippen molar-refractivity contribution in [2.75, 3.05) is 32.7 Å². The molecule has 0 amide bonds. The molecule has 0 aliphatic carbocycles. The number of rotatable bonds is 8. The van der Waals surface area contributed by atoms with Gasteiger partial charge in [-0.05, 0) is 28.5 Å². The van der Waals surface area contributed by atoms with Crippen molar-refractivity contribution >= 4 is 28.9 Å². The summed E-state index contributed by atoms with van der Waals surface area (Å²) in [7, 11) is 0. The second-order valence-electron chi connectivity index (χ2n) is 6.64. The van der Waals surface area contributed by atoms with E-state index in [1.54, 1.807) is 41.7 Å². The lowest BCUT2D eigenvalue weighted by Crippen LogP contribution is -2.47. The fourth-order valence-corrected chi connectivity index (χ4v) is 3.83. The number of allylic oxidation sites excluding steroid dienone is 1. The van der Waals surface area contributed by atoms with Gasteiger partial charge in [0.05, 0.1) is 17.0 Å². The topological polar surface area (TPSA) is 66.7 Å². The van der Waals surface area contributed by atoms with Crippen LogP contribution in [-0.2, 0) is 11.3 Å². The second-order valence-corrected chi connectivity index (χ2v) is 7.43. The number of carbonyl (C=O) groups excluding carboxylic acids is 1. The molecule has 2 aromatic rings. The molecule has 0 saturated carbocycles. The zero-order valence-electron chi connectivity index (χ0n) is 15.1. The Labute approximate surface area is 162 Å². The summed E-state index contributed by atoms with van der Waals surface area (Å²) in [5.74, 6) is 0.135. The van der Waals surface area contributed by atoms with Gasteiger partial charge >= 0.3 is 0 Å². The van der Waals surface area contributed by atoms with Crippen molar-refractivity contribution in [3.8, 4) is 0 Å². The minimum atomic E-state index is -0.406. The van der Waals surface area contributed by atoms with E-state index < -0.39 is 4.92 Å². The lowest BCUT2D eigenvalue weighted by atomic mass is 10.1. The van der Waals surface area contributed by atoms with E-state index in [2.05, 4.69) is 26.6 Å². The second kappa shape index (κ2) is 9.55. The largest absolute Gasteiger partial charge is 0.298 e. The molecule has 2 heterocycles. The minimum absolute atomic E-state index is 0.0583. The number of nitro groups is 1. The average Bonchev–Trinajstić information content (AvgIpc) is 3.17. The monoisotopic (exact) mass is 385 g/mol. The van der Waals surface area contributed by atoms with Crippen LogP contribution in [0.25, 0.3) is 6.08 Å². The quantitative estimate of drug-likeness (QED) is 0.514. The van der Waals surface area contributed by atoms with Crippen LogP contribution in [0, 0.1) is 10.1 Å². The molecule has 0 bridgehead atoms. The molecule has 1 fully saturated rings. The maximum atomic E-state index is 12.2. The van der Waals surface area contributed by atoms with Crippen molar-refractivity contribution in [1.82, 2.24) is 9.80 Å². The Kier molecular flexibility index (Phi) is 6.86. The first-order chi connectivity index (χ1) is 13.1. The molecule has 0 unspecified atom stereocenters. The van der Waals surface area contributed by atoms with Crippen LogP contribution in [0.15, 0.2) is 47.2 Å². The van der Waals surface area contributed by atoms with Gasteiger partial charge in [-0.25, -0.2) is 0 Å². The van der Waals surface area contributed by atoms with Crippen LogP contribution in [-0.4, -0.2) is 53.2 Å². The van der Waals surface area contributed by atoms with Gasteiger partial charge in [0, 0.05) is 45.2 Å². The summed E-state index contributed by atoms with van der Waals surface area (Å²) in [6.07, 6.45) is 3.67. The fourth-order valence-electron chi connectivity index (χ4n) is 3.17. The summed E-state index contributed by atoms with van der Waals surface area (Å²) >= 11 is 1.72. The van der Waals surface area contributed by atoms with Gasteiger partial charge in [0.25, 0.3) is 5.69 Å². The number of ketones is 1. The van der Waals surface area contributed by atoms with E-state index in [-0.39, 0.29) is 11.5 Å². The van der Waals surface area contributed by atoms with E-state index in [1.807, 2.05) is 0 Å². The van der Waals surface area contributed by atoms with Crippen molar-refractivity contribution in [2.24, 2.45) is 0 Å². The number of nitrogens with zero attached hydrogens (tertiary/aromatic N) is 3. The molecule has 6 nitrogen and oxygen atoms in total. The van der Waals surface area contributed by atoms with E-state index in [9.17, 15) is 14.9 Å². The number of Topliss-reactive ketones (excluding diaryl/α,β-unsaturated/α-hetero) is 1. The zero-order valence-corrected chi connectivity index (χ0v) is 15.9. The van der Waals surface area contributed by atoms with Gasteiger partial charge in [-0.2, -0.15) is 11.3 Å². The number of thiophene rings is 1. The summed E-state index contributed by atoms with van der Waals surface area (Å²) in [5.41, 5.74) is 1.94. The van der Waals surface area contributed by atoms with Gasteiger partial charge in [0.15, 0.2) is 5.78 Å². The zero-order chi connectivity index (χ0) is 19.1. The Bertz CT molecular complexity index is 797. The predicted octanol–water partition coefficient (Wildman–Crippen LogP) is 3.45. The Morgan fingerprint density at radius 3 is 2.59 bits per heavy atom. The molecule has 1 aliphatic heterocycles. The Morgan fingerprint density at radius 1 is 1.15 bits per heavy atom. The molecule has 0 radical (unpaired) electrons. The molecule has 1 aliphatic rings. The molecule has 0 atom stereocenters. The molecule has 1 aromatic carbocycles. The highest BCUT2D eigenvalue weighted by Gasteiger charge is 2.18. The number of piperazine rings is 1. The van der Waals surface area contributed by atoms with Crippen LogP contribution in [0.3, 0.4) is 0 Å². The van der Waals surface area contributed by atoms with Crippen LogP contribution >= 0.6 is 11.3 Å². The van der Waals surface area contributed by atoms with Crippen LogP contribution < -0.4 is 0 Å². The summed E-state index contributed by atoms with van der Waals surface area (Å²) in [4.78, 5) is 27.4. The fraction of sp³-hybridized carbons (Fsp3) is 0.350. The van der Waals surface area contributed by atoms with Crippen molar-refractivity contribution in [3.05, 3.63) is 68.4 Å². The standard InChI is InChI=1S/C20H23N3O3S/c24-19(6-3-5-18-4-1-2-7-20(18)23(25)26)15-22-11-9-21(10-12-22)14-17-8-13-27-16-17/h1-5,7-8,13,16H,6,9-12,14-15H2. The van der Waals surface area contributed by atoms with Crippen molar-refractivity contribution in [1.29, 1.82) is 0 Å². The number of para-hydroxylation sites is 1. The highest BCUT2D eigenvalue weighted by Crippen LogP contribution is 2.19. The smallest absolute Gasteiger partial charge is 0.276 e. The van der Waals surface area contributed by atoms with E-state index in [0.29, 0.717) is 18.5 Å². The highest BCUT2D eigenvalue weighted by molar-refractivity contribution is 7.07. The lowest BCUT2D eigenvalue weighted by Gasteiger charge is -2.34. The first kappa shape index (κ1) is 19.4. The van der Waals surface area contributed by atoms with E-state index in [4.69, 9.17) is 0 Å². The SMILES string of the molecule is O=C(CC=Cc1ccccc1[N+](=O)[O-])CN1CCN(Cc2ccsc2)CC1. The Balaban J connectivity index is 1.42. The number of benzene rings is 1. The molecule has 0 N–H and O–H groups in total. The van der Waals surface area contributed by atoms with Crippen LogP contribution in [0.2, 0.25) is 0 Å². The first-order valence-corrected chi connectivity index (χ1v) is 9.93. The van der Waals surface area contributed by atoms with Crippen LogP contribution in [0.4, 0.5) is 5.69 Å². The number of nitro benzene ring substituents is 1. The van der Waals surface area contributed by atoms with Gasteiger partial charge in [0.1, 0.15) is 0 Å². The third-order valence-electron chi connectivity index (χ3n) is 4.63. The molecule has 0 spiro atoms. The molecule has 1 aromatic heterocycles. The van der Waals surface area contributed by atoms with Crippen LogP contribution in [0.5, 0.6) is 0 Å². The molecular weight excluding hydrogens is 362 g/mol. The van der Waals surface area contributed by atoms with Gasteiger partial charge < -0.3 is 0 Å². The van der Waals surface area contributed by atoms with Crippen LogP contribution in [0.1, 0.15) is 17.5 Å². The summed E-state index contributed by atoms with van der Waals surface area (Å²) < 4.78 is 0. The molecule has 27 heavy (non-hydrogen) atoms. The molecule has 3 rings (SSSR count). The first-order valence-electron chi connectivity index (χ1n) is 8.99. The van der Waals surface area contributed by atoms with E-state index in [1.165, 1.54) is 11.6 Å². The summed E-state index contributed by atoms with van der Waals surface area (Å²) in [5, 5.41) is 15.3. The van der Waals surface area contributed by atoms with E-state index in [0.717, 1.165) is 32.7 Å². The molecule has 1 saturated heterocycles. The van der Waals surface area contributed by atoms with Gasteiger partial charge in [-0.1, -0.05) is 24.3 Å². The minimum Gasteiger partial charge on any atom is -0.298 e. The number of carbonyl (C=O) groups is 1. The predicted molar refractivity (Wildman–Crippen MR) is 108 cm³/mol. The third-order valence-corrected chi connectivity index (χ3v) is 5.36. The number of hydrogen-bond acceptors (Lipinski definition) is 6. The Hall–Kier alpha value is -2.35. The van der Waals surface area contributed by atoms with Crippen molar-refractivity contribution in [2.45, 2.75) is 13.0 Å². The molecular formula is C20H23N3O3S. The van der Waals surface area contributed by atoms with Crippen molar-refractivity contribution in [3.63, 3.8) is 0 Å². The van der Waals surface area contributed by atoms with Gasteiger partial charge in [0.2, 0.25) is 0 Å². The van der Waals surface area contributed by atoms with E-state index >= 15 is 0 Å². The summed E-state index contributed by atoms with van der Waals surface area (Å²) in [6, 6.07) is 8.70. The average molecular weight is 385 g/mol. The maximum absolute atomic E-state index is 12.2. The highest BCUT2D eigenvalue weighted by atomic mass is 32.1. The molecule has 7 heteroatoms. The normalized spacial score (nSPS) is 16.0. The summed E-state index contributed by atoms with van der Waals surface area (Å²) in [6.45, 7) is 5.13. The Morgan fingerprint density at radius 2 is 1.89 bits per heavy atom. The lowest BCUT2D eigenvalue weighted by molar-refractivity contribution is -0.385. The van der Waals surface area contributed by atoms with Gasteiger partial charge in [-0.3, -0.25) is 24.7 Å². The third kappa shape index (κ3) is 5.82. The number of hydrogen-bond donors (Lipinski definition) is 0. The maximum Gasteiger partial charge on any atom is 0.276 e. The van der Waals surface area contributed by atoms with Gasteiger partial charge in [-0.15, -0.1) is 0 Å².